The summed E-state index contributed by atoms with van der Waals surface area (Å²) < 4.78 is 4.44. The van der Waals surface area contributed by atoms with Crippen LogP contribution >= 0.6 is 0 Å². The van der Waals surface area contributed by atoms with Crippen LogP contribution in [0.3, 0.4) is 0 Å². The van der Waals surface area contributed by atoms with E-state index in [0.29, 0.717) is 12.1 Å². The van der Waals surface area contributed by atoms with Crippen LogP contribution in [0.25, 0.3) is 44.6 Å². The van der Waals surface area contributed by atoms with Crippen molar-refractivity contribution in [3.8, 4) is 22.5 Å². The Balaban J connectivity index is 1.36. The smallest absolute Gasteiger partial charge is 0.336 e. The Hall–Kier alpha value is -4.71. The number of hydrogen-bond acceptors (Lipinski definition) is 3. The minimum Gasteiger partial charge on any atom is -0.478 e. The maximum absolute atomic E-state index is 11.7. The molecule has 0 saturated heterocycles. The number of imidazole rings is 2. The van der Waals surface area contributed by atoms with Crippen molar-refractivity contribution in [3.05, 3.63) is 108 Å². The van der Waals surface area contributed by atoms with Crippen LogP contribution in [-0.2, 0) is 20.0 Å². The molecule has 0 aliphatic carbocycles. The van der Waals surface area contributed by atoms with Gasteiger partial charge < -0.3 is 14.2 Å². The number of aromatic nitrogens is 4. The van der Waals surface area contributed by atoms with Crippen LogP contribution in [0, 0.1) is 0 Å². The number of para-hydroxylation sites is 2. The number of hydrogen-bond donors (Lipinski definition) is 1. The van der Waals surface area contributed by atoms with Crippen molar-refractivity contribution in [2.75, 3.05) is 0 Å². The van der Waals surface area contributed by atoms with Crippen molar-refractivity contribution in [1.29, 1.82) is 0 Å². The average Bonchev–Trinajstić information content (AvgIpc) is 3.48. The molecule has 0 radical (unpaired) electrons. The van der Waals surface area contributed by atoms with Crippen LogP contribution in [0.15, 0.2) is 91.0 Å². The second kappa shape index (κ2) is 10.2. The van der Waals surface area contributed by atoms with Crippen molar-refractivity contribution >= 4 is 28.0 Å². The van der Waals surface area contributed by atoms with Gasteiger partial charge in [-0.15, -0.1) is 0 Å². The van der Waals surface area contributed by atoms with Gasteiger partial charge in [0.05, 0.1) is 27.6 Å². The number of carbonyl (C=O) groups is 1. The number of nitrogens with zero attached hydrogens (tertiary/aromatic N) is 4. The number of aryl methyl sites for hydroxylation is 2. The molecule has 0 aliphatic rings. The molecule has 6 heteroatoms. The highest BCUT2D eigenvalue weighted by atomic mass is 16.4. The Kier molecular flexibility index (Phi) is 6.45. The lowest BCUT2D eigenvalue weighted by Gasteiger charge is -2.11. The maximum atomic E-state index is 11.7. The van der Waals surface area contributed by atoms with Crippen molar-refractivity contribution in [2.45, 2.75) is 32.7 Å². The molecule has 194 valence electrons. The van der Waals surface area contributed by atoms with Gasteiger partial charge in [-0.05, 0) is 59.5 Å². The monoisotopic (exact) mass is 514 g/mol. The highest BCUT2D eigenvalue weighted by Crippen LogP contribution is 2.29. The van der Waals surface area contributed by atoms with Crippen LogP contribution < -0.4 is 0 Å². The molecule has 0 bridgehead atoms. The first-order valence-electron chi connectivity index (χ1n) is 13.4. The molecule has 1 N–H and O–H groups in total. The highest BCUT2D eigenvalue weighted by molar-refractivity contribution is 5.96. The van der Waals surface area contributed by atoms with Crippen LogP contribution in [0.2, 0.25) is 0 Å². The quantitative estimate of drug-likeness (QED) is 0.231. The van der Waals surface area contributed by atoms with E-state index in [9.17, 15) is 9.90 Å². The normalized spacial score (nSPS) is 11.4. The van der Waals surface area contributed by atoms with Gasteiger partial charge in [0.15, 0.2) is 0 Å². The predicted molar refractivity (Wildman–Crippen MR) is 156 cm³/mol. The zero-order chi connectivity index (χ0) is 26.9. The molecule has 0 fully saturated rings. The van der Waals surface area contributed by atoms with Gasteiger partial charge >= 0.3 is 5.97 Å². The summed E-state index contributed by atoms with van der Waals surface area (Å²) in [4.78, 5) is 21.6. The van der Waals surface area contributed by atoms with Crippen molar-refractivity contribution in [3.63, 3.8) is 0 Å². The van der Waals surface area contributed by atoms with E-state index < -0.39 is 5.97 Å². The second-order valence-electron chi connectivity index (χ2n) is 9.95. The molecule has 6 nitrogen and oxygen atoms in total. The lowest BCUT2D eigenvalue weighted by atomic mass is 9.99. The first-order chi connectivity index (χ1) is 19.0. The third-order valence-corrected chi connectivity index (χ3v) is 7.39. The second-order valence-corrected chi connectivity index (χ2v) is 9.95. The summed E-state index contributed by atoms with van der Waals surface area (Å²) in [6.45, 7) is 2.90. The van der Waals surface area contributed by atoms with Crippen LogP contribution in [-0.4, -0.2) is 30.2 Å². The molecule has 0 aliphatic heterocycles. The van der Waals surface area contributed by atoms with Crippen molar-refractivity contribution in [2.24, 2.45) is 7.05 Å². The van der Waals surface area contributed by atoms with E-state index in [1.54, 1.807) is 12.1 Å². The molecule has 4 aromatic carbocycles. The summed E-state index contributed by atoms with van der Waals surface area (Å²) in [5, 5.41) is 9.58. The Labute approximate surface area is 227 Å². The van der Waals surface area contributed by atoms with E-state index >= 15 is 0 Å². The molecule has 0 spiro atoms. The SMILES string of the molecule is CCCCc1nc2cc(-c3nc4ccccc4n3C)ccc2n1Cc1ccc(-c2ccccc2C(=O)O)cc1. The molecule has 6 aromatic rings. The van der Waals surface area contributed by atoms with Gasteiger partial charge in [-0.3, -0.25) is 0 Å². The lowest BCUT2D eigenvalue weighted by Crippen LogP contribution is -2.05. The van der Waals surface area contributed by atoms with Gasteiger partial charge in [-0.1, -0.05) is 67.9 Å². The van der Waals surface area contributed by atoms with E-state index in [-0.39, 0.29) is 0 Å². The number of unbranched alkanes of at least 4 members (excludes halogenated alkanes) is 1. The molecular formula is C33H30N4O2. The molecule has 0 atom stereocenters. The Morgan fingerprint density at radius 2 is 1.56 bits per heavy atom. The third kappa shape index (κ3) is 4.59. The van der Waals surface area contributed by atoms with E-state index in [1.165, 1.54) is 0 Å². The number of fused-ring (bicyclic) bond motifs is 2. The first kappa shape index (κ1) is 24.6. The fourth-order valence-corrected chi connectivity index (χ4v) is 5.32. The molecule has 0 amide bonds. The number of aromatic carboxylic acids is 1. The van der Waals surface area contributed by atoms with E-state index in [1.807, 2.05) is 42.5 Å². The molecule has 2 aromatic heterocycles. The summed E-state index contributed by atoms with van der Waals surface area (Å²) in [6.07, 6.45) is 3.09. The zero-order valence-corrected chi connectivity index (χ0v) is 22.1. The molecule has 0 saturated carbocycles. The Morgan fingerprint density at radius 1 is 0.821 bits per heavy atom. The number of benzene rings is 4. The minimum atomic E-state index is -0.918. The summed E-state index contributed by atoms with van der Waals surface area (Å²) in [5.41, 5.74) is 8.28. The van der Waals surface area contributed by atoms with E-state index in [2.05, 4.69) is 59.5 Å². The van der Waals surface area contributed by atoms with E-state index in [0.717, 1.165) is 75.2 Å². The molecule has 39 heavy (non-hydrogen) atoms. The molecule has 6 rings (SSSR count). The summed E-state index contributed by atoms with van der Waals surface area (Å²) in [5.74, 6) is 1.09. The molecular weight excluding hydrogens is 484 g/mol. The van der Waals surface area contributed by atoms with E-state index in [4.69, 9.17) is 9.97 Å². The standard InChI is InChI=1S/C33H30N4O2/c1-3-4-13-31-34-28-20-24(32-35-27-11-7-8-12-29(27)36(32)2)18-19-30(28)37(31)21-22-14-16-23(17-15-22)25-9-5-6-10-26(25)33(38)39/h5-12,14-20H,3-4,13,21H2,1-2H3,(H,38,39). The average molecular weight is 515 g/mol. The summed E-state index contributed by atoms with van der Waals surface area (Å²) in [6, 6.07) is 29.9. The summed E-state index contributed by atoms with van der Waals surface area (Å²) >= 11 is 0. The molecule has 0 unspecified atom stereocenters. The van der Waals surface area contributed by atoms with Gasteiger partial charge in [0, 0.05) is 25.6 Å². The maximum Gasteiger partial charge on any atom is 0.336 e. The predicted octanol–water partition coefficient (Wildman–Crippen LogP) is 7.35. The zero-order valence-electron chi connectivity index (χ0n) is 22.1. The Morgan fingerprint density at radius 3 is 2.33 bits per heavy atom. The van der Waals surface area contributed by atoms with Crippen LogP contribution in [0.4, 0.5) is 0 Å². The number of rotatable bonds is 8. The van der Waals surface area contributed by atoms with Crippen molar-refractivity contribution in [1.82, 2.24) is 19.1 Å². The third-order valence-electron chi connectivity index (χ3n) is 7.39. The van der Waals surface area contributed by atoms with Crippen LogP contribution in [0.1, 0.15) is 41.5 Å². The van der Waals surface area contributed by atoms with Gasteiger partial charge in [0.2, 0.25) is 0 Å². The fourth-order valence-electron chi connectivity index (χ4n) is 5.32. The minimum absolute atomic E-state index is 0.309. The number of carboxylic acid groups (broad SMARTS) is 1. The highest BCUT2D eigenvalue weighted by Gasteiger charge is 2.16. The topological polar surface area (TPSA) is 72.9 Å². The van der Waals surface area contributed by atoms with Crippen LogP contribution in [0.5, 0.6) is 0 Å². The van der Waals surface area contributed by atoms with Gasteiger partial charge in [0.1, 0.15) is 11.6 Å². The molecule has 2 heterocycles. The largest absolute Gasteiger partial charge is 0.478 e. The lowest BCUT2D eigenvalue weighted by molar-refractivity contribution is 0.0697. The van der Waals surface area contributed by atoms with Gasteiger partial charge in [0.25, 0.3) is 0 Å². The van der Waals surface area contributed by atoms with Gasteiger partial charge in [-0.25, -0.2) is 14.8 Å². The fraction of sp³-hybridized carbons (Fsp3) is 0.182. The van der Waals surface area contributed by atoms with Crippen molar-refractivity contribution < 1.29 is 9.90 Å². The number of carboxylic acids is 1. The first-order valence-corrected chi connectivity index (χ1v) is 13.4. The van der Waals surface area contributed by atoms with Gasteiger partial charge in [-0.2, -0.15) is 0 Å². The Bertz CT molecular complexity index is 1810. The summed E-state index contributed by atoms with van der Waals surface area (Å²) in [7, 11) is 2.05.